The number of halogens is 2. The molecule has 1 saturated carbocycles. The van der Waals surface area contributed by atoms with Crippen LogP contribution in [-0.2, 0) is 4.79 Å². The third-order valence-electron chi connectivity index (χ3n) is 7.95. The summed E-state index contributed by atoms with van der Waals surface area (Å²) in [6.45, 7) is 4.01. The van der Waals surface area contributed by atoms with Gasteiger partial charge >= 0.3 is 0 Å². The SMILES string of the molecule is CNC(=O)CC1CCC(n2cc(-c3cnc4[nH]cc([C@H](C)c5c(OC)ccc(F)c5Cl)c4c3)c(C)n2)CC1. The first-order valence-electron chi connectivity index (χ1n) is 13.1. The number of hydrogen-bond acceptors (Lipinski definition) is 4. The van der Waals surface area contributed by atoms with E-state index in [0.29, 0.717) is 29.7 Å². The van der Waals surface area contributed by atoms with Crippen LogP contribution in [0.15, 0.2) is 36.8 Å². The van der Waals surface area contributed by atoms with Crippen molar-refractivity contribution in [1.29, 1.82) is 0 Å². The predicted molar refractivity (Wildman–Crippen MR) is 147 cm³/mol. The zero-order chi connectivity index (χ0) is 27.0. The number of aryl methyl sites for hydroxylation is 1. The number of carbonyl (C=O) groups excluding carboxylic acids is 1. The summed E-state index contributed by atoms with van der Waals surface area (Å²) < 4.78 is 21.9. The highest BCUT2D eigenvalue weighted by molar-refractivity contribution is 6.31. The number of fused-ring (bicyclic) bond motifs is 1. The lowest BCUT2D eigenvalue weighted by Gasteiger charge is -2.28. The smallest absolute Gasteiger partial charge is 0.220 e. The fourth-order valence-corrected chi connectivity index (χ4v) is 6.06. The lowest BCUT2D eigenvalue weighted by Crippen LogP contribution is -2.25. The summed E-state index contributed by atoms with van der Waals surface area (Å²) in [6.07, 6.45) is 10.5. The van der Waals surface area contributed by atoms with Crippen LogP contribution in [0.4, 0.5) is 4.39 Å². The monoisotopic (exact) mass is 537 g/mol. The molecule has 2 N–H and O–H groups in total. The van der Waals surface area contributed by atoms with Gasteiger partial charge in [0.15, 0.2) is 0 Å². The third kappa shape index (κ3) is 4.89. The Kier molecular flexibility index (Phi) is 7.43. The van der Waals surface area contributed by atoms with Gasteiger partial charge in [-0.1, -0.05) is 18.5 Å². The summed E-state index contributed by atoms with van der Waals surface area (Å²) in [6, 6.07) is 5.36. The molecule has 1 aliphatic rings. The molecule has 7 nitrogen and oxygen atoms in total. The van der Waals surface area contributed by atoms with Gasteiger partial charge in [-0.05, 0) is 62.3 Å². The molecule has 1 fully saturated rings. The van der Waals surface area contributed by atoms with Gasteiger partial charge in [0.25, 0.3) is 0 Å². The van der Waals surface area contributed by atoms with Crippen LogP contribution in [0.5, 0.6) is 5.75 Å². The van der Waals surface area contributed by atoms with E-state index in [4.69, 9.17) is 21.4 Å². The largest absolute Gasteiger partial charge is 0.496 e. The van der Waals surface area contributed by atoms with Crippen LogP contribution in [0.2, 0.25) is 5.02 Å². The number of nitrogens with one attached hydrogen (secondary N) is 2. The molecule has 200 valence electrons. The zero-order valence-corrected chi connectivity index (χ0v) is 22.9. The van der Waals surface area contributed by atoms with E-state index in [9.17, 15) is 9.18 Å². The van der Waals surface area contributed by atoms with Crippen molar-refractivity contribution in [3.63, 3.8) is 0 Å². The second-order valence-electron chi connectivity index (χ2n) is 10.2. The van der Waals surface area contributed by atoms with Crippen LogP contribution in [0.25, 0.3) is 22.2 Å². The van der Waals surface area contributed by atoms with Crippen LogP contribution in [0.1, 0.15) is 67.8 Å². The number of hydrogen-bond donors (Lipinski definition) is 2. The van der Waals surface area contributed by atoms with Gasteiger partial charge in [0, 0.05) is 60.1 Å². The Hall–Kier alpha value is -3.39. The lowest BCUT2D eigenvalue weighted by molar-refractivity contribution is -0.121. The highest BCUT2D eigenvalue weighted by atomic mass is 35.5. The maximum atomic E-state index is 14.4. The third-order valence-corrected chi connectivity index (χ3v) is 8.33. The number of carbonyl (C=O) groups is 1. The molecule has 0 bridgehead atoms. The first-order valence-corrected chi connectivity index (χ1v) is 13.4. The number of methoxy groups -OCH3 is 1. The maximum absolute atomic E-state index is 14.4. The molecule has 1 aliphatic carbocycles. The lowest BCUT2D eigenvalue weighted by atomic mass is 9.84. The molecule has 0 radical (unpaired) electrons. The number of aromatic nitrogens is 4. The van der Waals surface area contributed by atoms with E-state index in [1.165, 1.54) is 6.07 Å². The summed E-state index contributed by atoms with van der Waals surface area (Å²) >= 11 is 6.39. The molecule has 3 heterocycles. The summed E-state index contributed by atoms with van der Waals surface area (Å²) in [4.78, 5) is 19.7. The minimum atomic E-state index is -0.473. The average Bonchev–Trinajstić information content (AvgIpc) is 3.53. The number of nitrogens with zero attached hydrogens (tertiary/aromatic N) is 3. The highest BCUT2D eigenvalue weighted by Gasteiger charge is 2.26. The summed E-state index contributed by atoms with van der Waals surface area (Å²) in [5.74, 6) is 0.397. The van der Waals surface area contributed by atoms with E-state index in [2.05, 4.69) is 32.2 Å². The Bertz CT molecular complexity index is 1470. The molecule has 1 amide bonds. The molecule has 5 rings (SSSR count). The molecule has 1 atom stereocenters. The van der Waals surface area contributed by atoms with E-state index in [1.807, 2.05) is 26.2 Å². The van der Waals surface area contributed by atoms with Gasteiger partial charge in [0.2, 0.25) is 5.91 Å². The number of amides is 1. The summed E-state index contributed by atoms with van der Waals surface area (Å²) in [7, 11) is 3.25. The van der Waals surface area contributed by atoms with Crippen molar-refractivity contribution >= 4 is 28.5 Å². The maximum Gasteiger partial charge on any atom is 0.220 e. The van der Waals surface area contributed by atoms with Gasteiger partial charge in [-0.3, -0.25) is 9.48 Å². The van der Waals surface area contributed by atoms with Gasteiger partial charge in [-0.2, -0.15) is 5.10 Å². The molecule has 1 aromatic carbocycles. The topological polar surface area (TPSA) is 84.8 Å². The Morgan fingerprint density at radius 3 is 2.79 bits per heavy atom. The van der Waals surface area contributed by atoms with E-state index < -0.39 is 5.82 Å². The molecule has 4 aromatic rings. The van der Waals surface area contributed by atoms with Crippen molar-refractivity contribution in [1.82, 2.24) is 25.1 Å². The van der Waals surface area contributed by atoms with Gasteiger partial charge in [-0.15, -0.1) is 0 Å². The standard InChI is InChI=1S/C29H33ClFN5O2/c1-16(27-25(38-4)10-9-24(31)28(27)30)22-14-34-29-21(22)12-19(13-33-29)23-15-36(35-17(23)2)20-7-5-18(6-8-20)11-26(37)32-3/h9-10,12-16,18,20H,5-8,11H2,1-4H3,(H,32,37)(H,33,34)/t16-,18?,20?/m0/s1. The van der Waals surface area contributed by atoms with Crippen molar-refractivity contribution in [2.75, 3.05) is 14.2 Å². The molecule has 0 aliphatic heterocycles. The van der Waals surface area contributed by atoms with Crippen molar-refractivity contribution in [2.45, 2.75) is 57.9 Å². The second kappa shape index (κ2) is 10.8. The number of rotatable bonds is 7. The van der Waals surface area contributed by atoms with Crippen molar-refractivity contribution in [3.05, 3.63) is 64.5 Å². The molecule has 38 heavy (non-hydrogen) atoms. The van der Waals surface area contributed by atoms with Crippen LogP contribution >= 0.6 is 11.6 Å². The van der Waals surface area contributed by atoms with Crippen LogP contribution in [0, 0.1) is 18.7 Å². The summed E-state index contributed by atoms with van der Waals surface area (Å²) in [5.41, 5.74) is 5.27. The highest BCUT2D eigenvalue weighted by Crippen LogP contribution is 2.41. The van der Waals surface area contributed by atoms with Crippen LogP contribution < -0.4 is 10.1 Å². The minimum Gasteiger partial charge on any atom is -0.496 e. The van der Waals surface area contributed by atoms with Crippen LogP contribution in [0.3, 0.4) is 0 Å². The Balaban J connectivity index is 1.43. The van der Waals surface area contributed by atoms with E-state index in [1.54, 1.807) is 20.2 Å². The van der Waals surface area contributed by atoms with E-state index in [-0.39, 0.29) is 16.8 Å². The van der Waals surface area contributed by atoms with Crippen LogP contribution in [-0.4, -0.2) is 39.8 Å². The normalized spacial score (nSPS) is 18.5. The first-order chi connectivity index (χ1) is 18.3. The number of aromatic amines is 1. The van der Waals surface area contributed by atoms with Gasteiger partial charge < -0.3 is 15.0 Å². The molecule has 9 heteroatoms. The molecule has 0 spiro atoms. The molecule has 0 unspecified atom stereocenters. The predicted octanol–water partition coefficient (Wildman–Crippen LogP) is 6.56. The Morgan fingerprint density at radius 1 is 1.32 bits per heavy atom. The minimum absolute atomic E-state index is 0.0671. The quantitative estimate of drug-likeness (QED) is 0.280. The molecular formula is C29H33ClFN5O2. The van der Waals surface area contributed by atoms with Crippen molar-refractivity contribution < 1.29 is 13.9 Å². The zero-order valence-electron chi connectivity index (χ0n) is 22.1. The Morgan fingerprint density at radius 2 is 2.08 bits per heavy atom. The first kappa shape index (κ1) is 26.2. The molecule has 3 aromatic heterocycles. The second-order valence-corrected chi connectivity index (χ2v) is 10.6. The summed E-state index contributed by atoms with van der Waals surface area (Å²) in [5, 5.41) is 8.60. The van der Waals surface area contributed by atoms with Gasteiger partial charge in [-0.25, -0.2) is 9.37 Å². The fraction of sp³-hybridized carbons (Fsp3) is 0.414. The van der Waals surface area contributed by atoms with E-state index >= 15 is 0 Å². The fourth-order valence-electron chi connectivity index (χ4n) is 5.74. The average molecular weight is 538 g/mol. The Labute approximate surface area is 226 Å². The van der Waals surface area contributed by atoms with Gasteiger partial charge in [0.05, 0.1) is 23.9 Å². The number of ether oxygens (including phenoxy) is 1. The van der Waals surface area contributed by atoms with E-state index in [0.717, 1.165) is 59.1 Å². The van der Waals surface area contributed by atoms with Gasteiger partial charge in [0.1, 0.15) is 17.2 Å². The number of H-pyrrole nitrogens is 1. The molecule has 0 saturated heterocycles. The van der Waals surface area contributed by atoms with Crippen molar-refractivity contribution in [3.8, 4) is 16.9 Å². The molecular weight excluding hydrogens is 505 g/mol. The number of benzene rings is 1. The van der Waals surface area contributed by atoms with Crippen molar-refractivity contribution in [2.24, 2.45) is 5.92 Å². The number of pyridine rings is 1.